The highest BCUT2D eigenvalue weighted by Crippen LogP contribution is 2.22. The number of hydrogen-bond acceptors (Lipinski definition) is 4. The van der Waals surface area contributed by atoms with Gasteiger partial charge in [0.1, 0.15) is 12.0 Å². The van der Waals surface area contributed by atoms with E-state index in [0.717, 1.165) is 19.3 Å². The minimum Gasteiger partial charge on any atom is -0.465 e. The summed E-state index contributed by atoms with van der Waals surface area (Å²) in [5.74, 6) is -1.03. The Kier molecular flexibility index (Phi) is 8.60. The van der Waals surface area contributed by atoms with Gasteiger partial charge in [-0.05, 0) is 39.0 Å². The van der Waals surface area contributed by atoms with Crippen LogP contribution in [-0.4, -0.2) is 24.1 Å². The number of ether oxygens (including phenoxy) is 2. The van der Waals surface area contributed by atoms with E-state index in [1.807, 2.05) is 0 Å². The van der Waals surface area contributed by atoms with E-state index in [-0.39, 0.29) is 6.42 Å². The van der Waals surface area contributed by atoms with Crippen LogP contribution >= 0.6 is 0 Å². The third-order valence-corrected chi connectivity index (χ3v) is 2.79. The van der Waals surface area contributed by atoms with Gasteiger partial charge in [-0.15, -0.1) is 0 Å². The second-order valence-corrected chi connectivity index (χ2v) is 7.71. The summed E-state index contributed by atoms with van der Waals surface area (Å²) < 4.78 is 10.1. The van der Waals surface area contributed by atoms with Gasteiger partial charge in [0.15, 0.2) is 0 Å². The quantitative estimate of drug-likeness (QED) is 0.382. The minimum atomic E-state index is -0.565. The molecule has 0 bridgehead atoms. The molecule has 0 radical (unpaired) electrons. The van der Waals surface area contributed by atoms with Crippen LogP contribution in [0.3, 0.4) is 0 Å². The number of hydrogen-bond donors (Lipinski definition) is 0. The van der Waals surface area contributed by atoms with Crippen LogP contribution in [0.15, 0.2) is 0 Å². The molecule has 0 aromatic carbocycles. The van der Waals surface area contributed by atoms with E-state index in [4.69, 9.17) is 9.47 Å². The number of esters is 2. The molecule has 0 N–H and O–H groups in total. The van der Waals surface area contributed by atoms with Crippen LogP contribution in [0, 0.1) is 5.41 Å². The van der Waals surface area contributed by atoms with Crippen molar-refractivity contribution in [2.24, 2.45) is 5.41 Å². The first-order valence-corrected chi connectivity index (χ1v) is 7.87. The Morgan fingerprint density at radius 3 is 1.90 bits per heavy atom. The summed E-state index contributed by atoms with van der Waals surface area (Å²) in [6.07, 6.45) is 5.17. The summed E-state index contributed by atoms with van der Waals surface area (Å²) in [4.78, 5) is 22.9. The SMILES string of the molecule is CC(C)(C)CCCCCCOC(=O)CC(=O)OC(C)(C)C. The Morgan fingerprint density at radius 2 is 1.38 bits per heavy atom. The standard InChI is InChI=1S/C17H32O4/c1-16(2,3)11-9-7-8-10-12-20-14(18)13-15(19)21-17(4,5)6/h7-13H2,1-6H3. The van der Waals surface area contributed by atoms with Crippen LogP contribution in [0.4, 0.5) is 0 Å². The first-order valence-electron chi connectivity index (χ1n) is 7.87. The predicted octanol–water partition coefficient (Wildman–Crippen LogP) is 4.26. The van der Waals surface area contributed by atoms with Crippen molar-refractivity contribution in [3.63, 3.8) is 0 Å². The zero-order chi connectivity index (χ0) is 16.5. The van der Waals surface area contributed by atoms with Gasteiger partial charge in [-0.3, -0.25) is 9.59 Å². The first kappa shape index (κ1) is 19.9. The van der Waals surface area contributed by atoms with E-state index in [1.54, 1.807) is 20.8 Å². The zero-order valence-corrected chi connectivity index (χ0v) is 14.6. The number of carbonyl (C=O) groups is 2. The van der Waals surface area contributed by atoms with Crippen LogP contribution in [0.25, 0.3) is 0 Å². The fraction of sp³-hybridized carbons (Fsp3) is 0.882. The van der Waals surface area contributed by atoms with Crippen LogP contribution in [0.1, 0.15) is 80.1 Å². The summed E-state index contributed by atoms with van der Waals surface area (Å²) in [6, 6.07) is 0. The summed E-state index contributed by atoms with van der Waals surface area (Å²) in [5.41, 5.74) is -0.176. The van der Waals surface area contributed by atoms with Crippen molar-refractivity contribution in [3.8, 4) is 0 Å². The van der Waals surface area contributed by atoms with Crippen molar-refractivity contribution in [2.75, 3.05) is 6.61 Å². The first-order chi connectivity index (χ1) is 9.49. The molecule has 0 unspecified atom stereocenters. The lowest BCUT2D eigenvalue weighted by atomic mass is 9.89. The molecule has 0 aliphatic carbocycles. The lowest BCUT2D eigenvalue weighted by Gasteiger charge is -2.19. The fourth-order valence-electron chi connectivity index (χ4n) is 1.84. The third-order valence-electron chi connectivity index (χ3n) is 2.79. The molecule has 21 heavy (non-hydrogen) atoms. The van der Waals surface area contributed by atoms with Crippen molar-refractivity contribution in [2.45, 2.75) is 85.7 Å². The second-order valence-electron chi connectivity index (χ2n) is 7.71. The van der Waals surface area contributed by atoms with Gasteiger partial charge < -0.3 is 9.47 Å². The molecule has 0 fully saturated rings. The number of unbranched alkanes of at least 4 members (excludes halogenated alkanes) is 3. The molecule has 0 atom stereocenters. The zero-order valence-electron chi connectivity index (χ0n) is 14.6. The lowest BCUT2D eigenvalue weighted by Crippen LogP contribution is -2.25. The largest absolute Gasteiger partial charge is 0.465 e. The molecule has 4 nitrogen and oxygen atoms in total. The second kappa shape index (κ2) is 9.06. The van der Waals surface area contributed by atoms with E-state index in [2.05, 4.69) is 20.8 Å². The predicted molar refractivity (Wildman–Crippen MR) is 84.0 cm³/mol. The monoisotopic (exact) mass is 300 g/mol. The van der Waals surface area contributed by atoms with Gasteiger partial charge in [0.2, 0.25) is 0 Å². The molecule has 0 aliphatic rings. The molecule has 0 saturated heterocycles. The van der Waals surface area contributed by atoms with Crippen molar-refractivity contribution >= 4 is 11.9 Å². The molecule has 0 amide bonds. The summed E-state index contributed by atoms with van der Waals surface area (Å²) in [5, 5.41) is 0. The number of rotatable bonds is 8. The van der Waals surface area contributed by atoms with Crippen molar-refractivity contribution in [3.05, 3.63) is 0 Å². The Hall–Kier alpha value is -1.06. The van der Waals surface area contributed by atoms with Gasteiger partial charge in [-0.2, -0.15) is 0 Å². The van der Waals surface area contributed by atoms with Crippen molar-refractivity contribution in [1.29, 1.82) is 0 Å². The lowest BCUT2D eigenvalue weighted by molar-refractivity contribution is -0.161. The van der Waals surface area contributed by atoms with Crippen molar-refractivity contribution < 1.29 is 19.1 Å². The van der Waals surface area contributed by atoms with Crippen LogP contribution in [-0.2, 0) is 19.1 Å². The normalized spacial score (nSPS) is 12.1. The molecule has 4 heteroatoms. The molecule has 124 valence electrons. The van der Waals surface area contributed by atoms with Gasteiger partial charge in [0, 0.05) is 0 Å². The van der Waals surface area contributed by atoms with E-state index >= 15 is 0 Å². The molecule has 0 saturated carbocycles. The smallest absolute Gasteiger partial charge is 0.317 e. The highest BCUT2D eigenvalue weighted by molar-refractivity contribution is 5.91. The average molecular weight is 300 g/mol. The Morgan fingerprint density at radius 1 is 0.810 bits per heavy atom. The van der Waals surface area contributed by atoms with E-state index in [1.165, 1.54) is 12.8 Å². The van der Waals surface area contributed by atoms with Gasteiger partial charge in [-0.25, -0.2) is 0 Å². The Labute approximate surface area is 129 Å². The summed E-state index contributed by atoms with van der Waals surface area (Å²) in [6.45, 7) is 12.4. The number of carbonyl (C=O) groups excluding carboxylic acids is 2. The maximum atomic E-state index is 11.4. The minimum absolute atomic E-state index is 0.304. The highest BCUT2D eigenvalue weighted by atomic mass is 16.6. The molecular formula is C17H32O4. The maximum absolute atomic E-state index is 11.4. The Balaban J connectivity index is 3.57. The van der Waals surface area contributed by atoms with E-state index in [9.17, 15) is 9.59 Å². The van der Waals surface area contributed by atoms with E-state index < -0.39 is 17.5 Å². The average Bonchev–Trinajstić information content (AvgIpc) is 2.23. The molecular weight excluding hydrogens is 268 g/mol. The fourth-order valence-corrected chi connectivity index (χ4v) is 1.84. The topological polar surface area (TPSA) is 52.6 Å². The van der Waals surface area contributed by atoms with Crippen LogP contribution in [0.2, 0.25) is 0 Å². The molecule has 0 aromatic rings. The highest BCUT2D eigenvalue weighted by Gasteiger charge is 2.19. The summed E-state index contributed by atoms with van der Waals surface area (Å²) >= 11 is 0. The van der Waals surface area contributed by atoms with Crippen LogP contribution in [0.5, 0.6) is 0 Å². The molecule has 0 aromatic heterocycles. The van der Waals surface area contributed by atoms with E-state index in [0.29, 0.717) is 12.0 Å². The maximum Gasteiger partial charge on any atom is 0.317 e. The molecule has 0 rings (SSSR count). The van der Waals surface area contributed by atoms with Gasteiger partial charge in [0.05, 0.1) is 6.61 Å². The van der Waals surface area contributed by atoms with Gasteiger partial charge in [-0.1, -0.05) is 40.0 Å². The molecule has 0 heterocycles. The van der Waals surface area contributed by atoms with Crippen molar-refractivity contribution in [1.82, 2.24) is 0 Å². The molecule has 0 spiro atoms. The van der Waals surface area contributed by atoms with Crippen LogP contribution < -0.4 is 0 Å². The summed E-state index contributed by atoms with van der Waals surface area (Å²) in [7, 11) is 0. The van der Waals surface area contributed by atoms with Gasteiger partial charge in [0.25, 0.3) is 0 Å². The molecule has 0 aliphatic heterocycles. The van der Waals surface area contributed by atoms with Gasteiger partial charge >= 0.3 is 11.9 Å². The third kappa shape index (κ3) is 15.2. The Bertz CT molecular complexity index is 321.